The van der Waals surface area contributed by atoms with Crippen LogP contribution in [0, 0.1) is 6.92 Å². The molecule has 0 aliphatic heterocycles. The van der Waals surface area contributed by atoms with Gasteiger partial charge in [-0.1, -0.05) is 19.4 Å². The van der Waals surface area contributed by atoms with Gasteiger partial charge in [0, 0.05) is 17.9 Å². The number of aromatic amines is 1. The number of imidazole rings is 1. The van der Waals surface area contributed by atoms with Gasteiger partial charge in [0.25, 0.3) is 5.91 Å². The van der Waals surface area contributed by atoms with Crippen molar-refractivity contribution in [1.29, 1.82) is 0 Å². The molecule has 0 fully saturated rings. The topological polar surface area (TPSA) is 104 Å². The number of hydrogen-bond acceptors (Lipinski definition) is 4. The molecule has 1 aromatic carbocycles. The maximum Gasteiger partial charge on any atom is 0.276 e. The molecule has 0 bridgehead atoms. The average Bonchev–Trinajstić information content (AvgIpc) is 2.94. The van der Waals surface area contributed by atoms with Crippen molar-refractivity contribution in [3.05, 3.63) is 42.0 Å². The van der Waals surface area contributed by atoms with E-state index in [2.05, 4.69) is 20.0 Å². The number of anilines is 1. The van der Waals surface area contributed by atoms with Gasteiger partial charge in [-0.3, -0.25) is 4.79 Å². The van der Waals surface area contributed by atoms with Crippen LogP contribution in [0.3, 0.4) is 0 Å². The number of carbonyl (C=O) groups is 1. The molecule has 3 N–H and O–H groups in total. The molecule has 0 aliphatic rings. The maximum atomic E-state index is 12.2. The minimum Gasteiger partial charge on any atom is -0.348 e. The lowest BCUT2D eigenvalue weighted by Gasteiger charge is -2.09. The van der Waals surface area contributed by atoms with Crippen molar-refractivity contribution in [1.82, 2.24) is 14.7 Å². The van der Waals surface area contributed by atoms with E-state index in [0.29, 0.717) is 17.9 Å². The molecule has 1 aromatic heterocycles. The normalized spacial score (nSPS) is 11.4. The number of rotatable bonds is 7. The van der Waals surface area contributed by atoms with E-state index in [1.54, 1.807) is 19.1 Å². The zero-order chi connectivity index (χ0) is 16.9. The second kappa shape index (κ2) is 7.38. The zero-order valence-corrected chi connectivity index (χ0v) is 13.9. The van der Waals surface area contributed by atoms with E-state index in [1.807, 2.05) is 6.92 Å². The van der Waals surface area contributed by atoms with Crippen LogP contribution in [-0.2, 0) is 10.0 Å². The molecule has 2 aromatic rings. The first-order valence-electron chi connectivity index (χ1n) is 7.35. The second-order valence-corrected chi connectivity index (χ2v) is 6.88. The third-order valence-electron chi connectivity index (χ3n) is 3.27. The Balaban J connectivity index is 2.14. The Hall–Kier alpha value is -2.19. The minimum atomic E-state index is -3.58. The SMILES string of the molecule is CCCCNS(=O)(=O)c1cccc(NC(=O)c2nc[nH]c2C)c1. The molecular formula is C15H20N4O3S. The van der Waals surface area contributed by atoms with Crippen LogP contribution in [0.1, 0.15) is 35.9 Å². The van der Waals surface area contributed by atoms with Crippen LogP contribution in [0.25, 0.3) is 0 Å². The summed E-state index contributed by atoms with van der Waals surface area (Å²) < 4.78 is 26.9. The molecule has 0 spiro atoms. The number of carbonyl (C=O) groups excluding carboxylic acids is 1. The fraction of sp³-hybridized carbons (Fsp3) is 0.333. The van der Waals surface area contributed by atoms with E-state index in [9.17, 15) is 13.2 Å². The van der Waals surface area contributed by atoms with E-state index in [0.717, 1.165) is 12.8 Å². The number of aryl methyl sites for hydroxylation is 1. The fourth-order valence-corrected chi connectivity index (χ4v) is 3.11. The van der Waals surface area contributed by atoms with Crippen LogP contribution in [0.2, 0.25) is 0 Å². The molecule has 7 nitrogen and oxygen atoms in total. The molecule has 0 radical (unpaired) electrons. The molecule has 8 heteroatoms. The highest BCUT2D eigenvalue weighted by Crippen LogP contribution is 2.16. The Morgan fingerprint density at radius 2 is 2.13 bits per heavy atom. The van der Waals surface area contributed by atoms with Crippen molar-refractivity contribution < 1.29 is 13.2 Å². The maximum absolute atomic E-state index is 12.2. The average molecular weight is 336 g/mol. The first kappa shape index (κ1) is 17.2. The number of aromatic nitrogens is 2. The number of benzene rings is 1. The van der Waals surface area contributed by atoms with Crippen LogP contribution in [-0.4, -0.2) is 30.8 Å². The van der Waals surface area contributed by atoms with Gasteiger partial charge in [-0.05, 0) is 31.5 Å². The van der Waals surface area contributed by atoms with E-state index in [4.69, 9.17) is 0 Å². The van der Waals surface area contributed by atoms with Crippen LogP contribution in [0.15, 0.2) is 35.5 Å². The van der Waals surface area contributed by atoms with Crippen LogP contribution in [0.5, 0.6) is 0 Å². The summed E-state index contributed by atoms with van der Waals surface area (Å²) in [6.45, 7) is 4.11. The summed E-state index contributed by atoms with van der Waals surface area (Å²) in [4.78, 5) is 19.0. The lowest BCUT2D eigenvalue weighted by Crippen LogP contribution is -2.24. The largest absolute Gasteiger partial charge is 0.348 e. The number of H-pyrrole nitrogens is 1. The van der Waals surface area contributed by atoms with Gasteiger partial charge < -0.3 is 10.3 Å². The predicted molar refractivity (Wildman–Crippen MR) is 87.8 cm³/mol. The fourth-order valence-electron chi connectivity index (χ4n) is 1.99. The molecule has 1 heterocycles. The van der Waals surface area contributed by atoms with Gasteiger partial charge in [-0.25, -0.2) is 18.1 Å². The molecule has 1 amide bonds. The molecule has 23 heavy (non-hydrogen) atoms. The molecule has 0 saturated carbocycles. The lowest BCUT2D eigenvalue weighted by atomic mass is 10.3. The van der Waals surface area contributed by atoms with Crippen LogP contribution < -0.4 is 10.0 Å². The van der Waals surface area contributed by atoms with E-state index >= 15 is 0 Å². The summed E-state index contributed by atoms with van der Waals surface area (Å²) in [5, 5.41) is 2.65. The Morgan fingerprint density at radius 3 is 2.78 bits per heavy atom. The zero-order valence-electron chi connectivity index (χ0n) is 13.1. The molecule has 0 atom stereocenters. The van der Waals surface area contributed by atoms with Crippen LogP contribution >= 0.6 is 0 Å². The van der Waals surface area contributed by atoms with E-state index in [-0.39, 0.29) is 10.6 Å². The summed E-state index contributed by atoms with van der Waals surface area (Å²) in [6.07, 6.45) is 3.11. The lowest BCUT2D eigenvalue weighted by molar-refractivity contribution is 0.102. The third kappa shape index (κ3) is 4.40. The van der Waals surface area contributed by atoms with Gasteiger partial charge in [-0.2, -0.15) is 0 Å². The van der Waals surface area contributed by atoms with Gasteiger partial charge >= 0.3 is 0 Å². The number of amides is 1. The van der Waals surface area contributed by atoms with Crippen molar-refractivity contribution >= 4 is 21.6 Å². The Morgan fingerprint density at radius 1 is 1.35 bits per heavy atom. The van der Waals surface area contributed by atoms with E-state index in [1.165, 1.54) is 18.5 Å². The summed E-state index contributed by atoms with van der Waals surface area (Å²) in [6, 6.07) is 6.13. The number of nitrogens with one attached hydrogen (secondary N) is 3. The van der Waals surface area contributed by atoms with Crippen molar-refractivity contribution in [3.63, 3.8) is 0 Å². The molecule has 0 unspecified atom stereocenters. The third-order valence-corrected chi connectivity index (χ3v) is 4.73. The summed E-state index contributed by atoms with van der Waals surface area (Å²) in [5.41, 5.74) is 1.32. The Labute approximate surface area is 135 Å². The van der Waals surface area contributed by atoms with Crippen molar-refractivity contribution in [2.45, 2.75) is 31.6 Å². The molecule has 0 saturated heterocycles. The number of unbranched alkanes of at least 4 members (excludes halogenated alkanes) is 1. The monoisotopic (exact) mass is 336 g/mol. The quantitative estimate of drug-likeness (QED) is 0.673. The van der Waals surface area contributed by atoms with Gasteiger partial charge in [0.05, 0.1) is 11.2 Å². The molecule has 0 aliphatic carbocycles. The molecule has 2 rings (SSSR count). The highest BCUT2D eigenvalue weighted by Gasteiger charge is 2.16. The smallest absolute Gasteiger partial charge is 0.276 e. The van der Waals surface area contributed by atoms with Crippen molar-refractivity contribution in [3.8, 4) is 0 Å². The summed E-state index contributed by atoms with van der Waals surface area (Å²) in [5.74, 6) is -0.391. The van der Waals surface area contributed by atoms with Gasteiger partial charge in [-0.15, -0.1) is 0 Å². The van der Waals surface area contributed by atoms with Gasteiger partial charge in [0.15, 0.2) is 0 Å². The van der Waals surface area contributed by atoms with Crippen molar-refractivity contribution in [2.24, 2.45) is 0 Å². The molecular weight excluding hydrogens is 316 g/mol. The first-order valence-corrected chi connectivity index (χ1v) is 8.83. The van der Waals surface area contributed by atoms with Crippen LogP contribution in [0.4, 0.5) is 5.69 Å². The van der Waals surface area contributed by atoms with Gasteiger partial charge in [0.2, 0.25) is 10.0 Å². The minimum absolute atomic E-state index is 0.116. The standard InChI is InChI=1S/C15H20N4O3S/c1-3-4-8-18-23(21,22)13-7-5-6-12(9-13)19-15(20)14-11(2)16-10-17-14/h5-7,9-10,18H,3-4,8H2,1-2H3,(H,16,17)(H,19,20). The van der Waals surface area contributed by atoms with E-state index < -0.39 is 15.9 Å². The number of hydrogen-bond donors (Lipinski definition) is 3. The Bertz CT molecular complexity index is 784. The second-order valence-electron chi connectivity index (χ2n) is 5.11. The summed E-state index contributed by atoms with van der Waals surface area (Å²) >= 11 is 0. The summed E-state index contributed by atoms with van der Waals surface area (Å²) in [7, 11) is -3.58. The first-order chi connectivity index (χ1) is 10.9. The number of sulfonamides is 1. The number of nitrogens with zero attached hydrogens (tertiary/aromatic N) is 1. The Kier molecular flexibility index (Phi) is 5.51. The van der Waals surface area contributed by atoms with Crippen molar-refractivity contribution in [2.75, 3.05) is 11.9 Å². The highest BCUT2D eigenvalue weighted by atomic mass is 32.2. The molecule has 124 valence electrons. The van der Waals surface area contributed by atoms with Gasteiger partial charge in [0.1, 0.15) is 5.69 Å². The predicted octanol–water partition coefficient (Wildman–Crippen LogP) is 2.05. The highest BCUT2D eigenvalue weighted by molar-refractivity contribution is 7.89.